The van der Waals surface area contributed by atoms with Gasteiger partial charge in [0.1, 0.15) is 5.69 Å². The lowest BCUT2D eigenvalue weighted by atomic mass is 10.1. The molecular weight excluding hydrogens is 322 g/mol. The van der Waals surface area contributed by atoms with E-state index in [0.717, 1.165) is 5.56 Å². The molecule has 1 amide bonds. The normalized spacial score (nSPS) is 18.0. The summed E-state index contributed by atoms with van der Waals surface area (Å²) >= 11 is 5.85. The molecule has 1 saturated heterocycles. The first-order chi connectivity index (χ1) is 11.0. The van der Waals surface area contributed by atoms with Crippen LogP contribution in [-0.2, 0) is 9.53 Å². The zero-order chi connectivity index (χ0) is 16.4. The molecule has 1 aromatic heterocycles. The van der Waals surface area contributed by atoms with Gasteiger partial charge in [-0.05, 0) is 18.2 Å². The van der Waals surface area contributed by atoms with Crippen molar-refractivity contribution in [3.8, 4) is 11.3 Å². The summed E-state index contributed by atoms with van der Waals surface area (Å²) in [5, 5.41) is 16.4. The lowest BCUT2D eigenvalue weighted by Gasteiger charge is -2.30. The minimum atomic E-state index is -1.08. The molecule has 120 valence electrons. The second kappa shape index (κ2) is 6.39. The summed E-state index contributed by atoms with van der Waals surface area (Å²) < 4.78 is 5.11. The summed E-state index contributed by atoms with van der Waals surface area (Å²) in [5.74, 6) is -1.37. The molecule has 0 aliphatic carbocycles. The van der Waals surface area contributed by atoms with E-state index in [2.05, 4.69) is 10.2 Å². The van der Waals surface area contributed by atoms with Crippen molar-refractivity contribution in [2.45, 2.75) is 6.10 Å². The van der Waals surface area contributed by atoms with Gasteiger partial charge in [0.05, 0.1) is 18.8 Å². The van der Waals surface area contributed by atoms with Crippen molar-refractivity contribution in [3.05, 3.63) is 41.0 Å². The highest BCUT2D eigenvalue weighted by molar-refractivity contribution is 6.30. The Bertz CT molecular complexity index is 729. The number of amides is 1. The number of aromatic amines is 1. The number of aliphatic carboxylic acids is 1. The van der Waals surface area contributed by atoms with E-state index in [9.17, 15) is 9.59 Å². The molecule has 1 atom stereocenters. The van der Waals surface area contributed by atoms with E-state index in [1.165, 1.54) is 4.90 Å². The zero-order valence-electron chi connectivity index (χ0n) is 12.0. The van der Waals surface area contributed by atoms with E-state index >= 15 is 0 Å². The molecule has 0 radical (unpaired) electrons. The van der Waals surface area contributed by atoms with Gasteiger partial charge in [-0.15, -0.1) is 0 Å². The third-order valence-corrected chi connectivity index (χ3v) is 3.83. The topological polar surface area (TPSA) is 95.5 Å². The summed E-state index contributed by atoms with van der Waals surface area (Å²) in [4.78, 5) is 24.9. The number of hydrogen-bond acceptors (Lipinski definition) is 4. The Kier molecular flexibility index (Phi) is 4.31. The molecule has 0 bridgehead atoms. The van der Waals surface area contributed by atoms with Crippen LogP contribution in [0.4, 0.5) is 0 Å². The summed E-state index contributed by atoms with van der Waals surface area (Å²) in [6.45, 7) is 0.558. The quantitative estimate of drug-likeness (QED) is 0.889. The Hall–Kier alpha value is -2.38. The van der Waals surface area contributed by atoms with Crippen LogP contribution in [0.3, 0.4) is 0 Å². The third-order valence-electron chi connectivity index (χ3n) is 3.58. The number of carbonyl (C=O) groups excluding carboxylic acids is 1. The van der Waals surface area contributed by atoms with Crippen molar-refractivity contribution in [1.82, 2.24) is 15.1 Å². The number of ether oxygens (including phenoxy) is 1. The monoisotopic (exact) mass is 335 g/mol. The fourth-order valence-corrected chi connectivity index (χ4v) is 2.48. The molecule has 3 rings (SSSR count). The minimum absolute atomic E-state index is 0.0173. The van der Waals surface area contributed by atoms with Crippen LogP contribution in [-0.4, -0.2) is 57.9 Å². The average molecular weight is 336 g/mol. The van der Waals surface area contributed by atoms with Gasteiger partial charge in [-0.25, -0.2) is 4.79 Å². The maximum atomic E-state index is 12.5. The molecule has 1 fully saturated rings. The molecule has 0 spiro atoms. The second-order valence-corrected chi connectivity index (χ2v) is 5.56. The van der Waals surface area contributed by atoms with Gasteiger partial charge in [0.2, 0.25) is 0 Å². The van der Waals surface area contributed by atoms with Gasteiger partial charge in [-0.2, -0.15) is 5.10 Å². The smallest absolute Gasteiger partial charge is 0.334 e. The highest BCUT2D eigenvalue weighted by Crippen LogP contribution is 2.21. The van der Waals surface area contributed by atoms with Gasteiger partial charge >= 0.3 is 5.97 Å². The van der Waals surface area contributed by atoms with Gasteiger partial charge in [0.15, 0.2) is 6.10 Å². The summed E-state index contributed by atoms with van der Waals surface area (Å²) in [5.41, 5.74) is 1.75. The number of carboxylic acids is 1. The van der Waals surface area contributed by atoms with E-state index in [-0.39, 0.29) is 19.1 Å². The fourth-order valence-electron chi connectivity index (χ4n) is 2.35. The third kappa shape index (κ3) is 3.35. The number of morpholine rings is 1. The lowest BCUT2D eigenvalue weighted by Crippen LogP contribution is -2.48. The van der Waals surface area contributed by atoms with Gasteiger partial charge in [0, 0.05) is 17.1 Å². The van der Waals surface area contributed by atoms with Gasteiger partial charge < -0.3 is 14.7 Å². The number of halogens is 1. The maximum Gasteiger partial charge on any atom is 0.334 e. The average Bonchev–Trinajstić information content (AvgIpc) is 3.05. The molecule has 0 unspecified atom stereocenters. The van der Waals surface area contributed by atoms with Crippen LogP contribution in [0.15, 0.2) is 30.3 Å². The molecule has 23 heavy (non-hydrogen) atoms. The number of nitrogens with zero attached hydrogens (tertiary/aromatic N) is 2. The van der Waals surface area contributed by atoms with E-state index in [1.807, 2.05) is 12.1 Å². The zero-order valence-corrected chi connectivity index (χ0v) is 12.8. The first-order valence-corrected chi connectivity index (χ1v) is 7.37. The summed E-state index contributed by atoms with van der Waals surface area (Å²) in [6, 6.07) is 8.74. The van der Waals surface area contributed by atoms with Crippen molar-refractivity contribution in [3.63, 3.8) is 0 Å². The minimum Gasteiger partial charge on any atom is -0.479 e. The molecule has 1 aliphatic rings. The van der Waals surface area contributed by atoms with E-state index in [1.54, 1.807) is 18.2 Å². The van der Waals surface area contributed by atoms with E-state index < -0.39 is 12.1 Å². The standard InChI is InChI=1S/C15H14ClN3O4/c16-10-3-1-9(2-4-10)11-7-12(18-17-11)14(20)19-5-6-23-13(8-19)15(21)22/h1-4,7,13H,5-6,8H2,(H,17,18)(H,21,22)/t13-/m0/s1. The van der Waals surface area contributed by atoms with E-state index in [0.29, 0.717) is 23.0 Å². The van der Waals surface area contributed by atoms with Crippen LogP contribution in [0, 0.1) is 0 Å². The van der Waals surface area contributed by atoms with Crippen LogP contribution in [0.2, 0.25) is 5.02 Å². The van der Waals surface area contributed by atoms with Crippen molar-refractivity contribution >= 4 is 23.5 Å². The largest absolute Gasteiger partial charge is 0.479 e. The fraction of sp³-hybridized carbons (Fsp3) is 0.267. The Morgan fingerprint density at radius 1 is 1.35 bits per heavy atom. The molecule has 2 N–H and O–H groups in total. The number of benzene rings is 1. The SMILES string of the molecule is O=C(O)[C@@H]1CN(C(=O)c2cc(-c3ccc(Cl)cc3)n[nH]2)CCO1. The Morgan fingerprint density at radius 3 is 2.78 bits per heavy atom. The van der Waals surface area contributed by atoms with Crippen LogP contribution in [0.5, 0.6) is 0 Å². The molecule has 8 heteroatoms. The highest BCUT2D eigenvalue weighted by Gasteiger charge is 2.30. The van der Waals surface area contributed by atoms with Gasteiger partial charge in [-0.3, -0.25) is 9.89 Å². The van der Waals surface area contributed by atoms with Crippen molar-refractivity contribution in [2.75, 3.05) is 19.7 Å². The highest BCUT2D eigenvalue weighted by atomic mass is 35.5. The number of carboxylic acid groups (broad SMARTS) is 1. The molecular formula is C15H14ClN3O4. The Morgan fingerprint density at radius 2 is 2.09 bits per heavy atom. The van der Waals surface area contributed by atoms with Crippen molar-refractivity contribution < 1.29 is 19.4 Å². The van der Waals surface area contributed by atoms with Gasteiger partial charge in [0.25, 0.3) is 5.91 Å². The maximum absolute atomic E-state index is 12.5. The summed E-state index contributed by atoms with van der Waals surface area (Å²) in [7, 11) is 0. The predicted molar refractivity (Wildman–Crippen MR) is 82.3 cm³/mol. The first-order valence-electron chi connectivity index (χ1n) is 6.99. The van der Waals surface area contributed by atoms with Crippen LogP contribution >= 0.6 is 11.6 Å². The first kappa shape index (κ1) is 15.5. The number of rotatable bonds is 3. The summed E-state index contributed by atoms with van der Waals surface area (Å²) in [6.07, 6.45) is -0.994. The van der Waals surface area contributed by atoms with Crippen LogP contribution < -0.4 is 0 Å². The molecule has 2 heterocycles. The number of aromatic nitrogens is 2. The Labute approximate surface area is 136 Å². The molecule has 2 aromatic rings. The molecule has 1 aromatic carbocycles. The molecule has 0 saturated carbocycles. The lowest BCUT2D eigenvalue weighted by molar-refractivity contribution is -0.154. The van der Waals surface area contributed by atoms with Crippen LogP contribution in [0.25, 0.3) is 11.3 Å². The Balaban J connectivity index is 1.75. The van der Waals surface area contributed by atoms with Crippen molar-refractivity contribution in [1.29, 1.82) is 0 Å². The number of hydrogen-bond donors (Lipinski definition) is 2. The van der Waals surface area contributed by atoms with E-state index in [4.69, 9.17) is 21.4 Å². The molecule has 1 aliphatic heterocycles. The second-order valence-electron chi connectivity index (χ2n) is 5.12. The van der Waals surface area contributed by atoms with Crippen LogP contribution in [0.1, 0.15) is 10.5 Å². The number of carbonyl (C=O) groups is 2. The number of nitrogens with one attached hydrogen (secondary N) is 1. The van der Waals surface area contributed by atoms with Gasteiger partial charge in [-0.1, -0.05) is 23.7 Å². The molecule has 7 nitrogen and oxygen atoms in total. The number of H-pyrrole nitrogens is 1. The predicted octanol–water partition coefficient (Wildman–Crippen LogP) is 1.66. The van der Waals surface area contributed by atoms with Crippen molar-refractivity contribution in [2.24, 2.45) is 0 Å².